The van der Waals surface area contributed by atoms with Crippen molar-refractivity contribution in [2.45, 2.75) is 19.3 Å². The first-order chi connectivity index (χ1) is 19.2. The Bertz CT molecular complexity index is 1780. The van der Waals surface area contributed by atoms with Gasteiger partial charge in [-0.15, -0.1) is 0 Å². The van der Waals surface area contributed by atoms with Gasteiger partial charge in [0, 0.05) is 46.3 Å². The maximum absolute atomic E-state index is 12.7. The maximum atomic E-state index is 12.7. The van der Waals surface area contributed by atoms with Gasteiger partial charge in [-0.3, -0.25) is 19.9 Å². The van der Waals surface area contributed by atoms with Crippen LogP contribution in [0.1, 0.15) is 19.3 Å². The minimum Gasteiger partial charge on any atom is -0.472 e. The number of nitrogens with zero attached hydrogens (tertiary/aromatic N) is 3. The number of fused-ring (bicyclic) bond motifs is 2. The number of amides is 1. The second-order valence-electron chi connectivity index (χ2n) is 10.1. The zero-order chi connectivity index (χ0) is 26.2. The molecule has 0 bridgehead atoms. The molecule has 0 spiro atoms. The van der Waals surface area contributed by atoms with Crippen LogP contribution in [-0.4, -0.2) is 44.1 Å². The average molecular weight is 518 g/mol. The van der Waals surface area contributed by atoms with Crippen LogP contribution in [0.25, 0.3) is 55.4 Å². The standard InChI is InChI=1S/C30H27N7O2/c38-29(9-18-3-6-31-7-4-18)34-22-10-21(13-32-14-22)19-1-2-26-24(11-19)30(37-36-26)27-12-23-25(20-5-8-39-17-20)15-33-16-28(23)35-27/h1-2,5,8,10-18,31,35H,3-4,6-7,9H2,(H,34,38)(H,36,37). The fourth-order valence-corrected chi connectivity index (χ4v) is 5.45. The molecule has 1 aromatic carbocycles. The van der Waals surface area contributed by atoms with E-state index in [1.165, 1.54) is 0 Å². The van der Waals surface area contributed by atoms with E-state index in [1.807, 2.05) is 42.9 Å². The zero-order valence-electron chi connectivity index (χ0n) is 21.2. The molecule has 1 fully saturated rings. The van der Waals surface area contributed by atoms with Crippen LogP contribution in [0.4, 0.5) is 5.69 Å². The van der Waals surface area contributed by atoms with Crippen molar-refractivity contribution in [2.75, 3.05) is 18.4 Å². The summed E-state index contributed by atoms with van der Waals surface area (Å²) in [5, 5.41) is 16.2. The third-order valence-corrected chi connectivity index (χ3v) is 7.48. The molecular formula is C30H27N7O2. The highest BCUT2D eigenvalue weighted by molar-refractivity contribution is 6.01. The number of aromatic amines is 2. The number of aromatic nitrogens is 5. The summed E-state index contributed by atoms with van der Waals surface area (Å²) in [5.41, 5.74) is 8.15. The number of benzene rings is 1. The molecule has 9 heteroatoms. The molecule has 39 heavy (non-hydrogen) atoms. The normalized spacial score (nSPS) is 14.3. The number of nitrogens with one attached hydrogen (secondary N) is 4. The zero-order valence-corrected chi connectivity index (χ0v) is 21.2. The third-order valence-electron chi connectivity index (χ3n) is 7.48. The maximum Gasteiger partial charge on any atom is 0.224 e. The first kappa shape index (κ1) is 23.4. The SMILES string of the molecule is O=C(CC1CCNCC1)Nc1cncc(-c2ccc3[nH]nc(-c4cc5c(-c6ccoc6)cncc5[nH]4)c3c2)c1. The van der Waals surface area contributed by atoms with E-state index in [4.69, 9.17) is 4.42 Å². The van der Waals surface area contributed by atoms with Gasteiger partial charge in [-0.1, -0.05) is 6.07 Å². The Morgan fingerprint density at radius 1 is 0.923 bits per heavy atom. The number of anilines is 1. The highest BCUT2D eigenvalue weighted by Gasteiger charge is 2.18. The number of hydrogen-bond donors (Lipinski definition) is 4. The minimum absolute atomic E-state index is 0.0384. The summed E-state index contributed by atoms with van der Waals surface area (Å²) < 4.78 is 5.29. The summed E-state index contributed by atoms with van der Waals surface area (Å²) >= 11 is 0. The van der Waals surface area contributed by atoms with Crippen molar-refractivity contribution in [3.8, 4) is 33.6 Å². The molecule has 7 rings (SSSR count). The van der Waals surface area contributed by atoms with Crippen molar-refractivity contribution in [1.82, 2.24) is 30.5 Å². The number of carbonyl (C=O) groups excluding carboxylic acids is 1. The topological polar surface area (TPSA) is 125 Å². The predicted octanol–water partition coefficient (Wildman–Crippen LogP) is 5.76. The summed E-state index contributed by atoms with van der Waals surface area (Å²) in [6, 6.07) is 12.2. The van der Waals surface area contributed by atoms with Crippen molar-refractivity contribution >= 4 is 33.4 Å². The molecule has 1 aliphatic rings. The van der Waals surface area contributed by atoms with Gasteiger partial charge in [0.2, 0.25) is 5.91 Å². The van der Waals surface area contributed by atoms with Crippen molar-refractivity contribution in [1.29, 1.82) is 0 Å². The van der Waals surface area contributed by atoms with Crippen LogP contribution in [0.5, 0.6) is 0 Å². The molecule has 6 heterocycles. The van der Waals surface area contributed by atoms with Crippen LogP contribution in [0, 0.1) is 5.92 Å². The Morgan fingerprint density at radius 2 is 1.82 bits per heavy atom. The largest absolute Gasteiger partial charge is 0.472 e. The van der Waals surface area contributed by atoms with Crippen LogP contribution < -0.4 is 10.6 Å². The summed E-state index contributed by atoms with van der Waals surface area (Å²) in [7, 11) is 0. The van der Waals surface area contributed by atoms with Crippen LogP contribution >= 0.6 is 0 Å². The molecule has 0 atom stereocenters. The molecule has 4 N–H and O–H groups in total. The summed E-state index contributed by atoms with van der Waals surface area (Å²) in [6.45, 7) is 1.96. The van der Waals surface area contributed by atoms with Crippen molar-refractivity contribution in [3.05, 3.63) is 73.7 Å². The highest BCUT2D eigenvalue weighted by atomic mass is 16.3. The van der Waals surface area contributed by atoms with E-state index in [9.17, 15) is 4.79 Å². The van der Waals surface area contributed by atoms with Crippen LogP contribution in [-0.2, 0) is 4.79 Å². The first-order valence-electron chi connectivity index (χ1n) is 13.1. The van der Waals surface area contributed by atoms with Gasteiger partial charge < -0.3 is 20.0 Å². The molecule has 194 valence electrons. The van der Waals surface area contributed by atoms with Gasteiger partial charge in [-0.05, 0) is 67.7 Å². The average Bonchev–Trinajstić information content (AvgIpc) is 3.73. The summed E-state index contributed by atoms with van der Waals surface area (Å²) in [5.74, 6) is 0.469. The van der Waals surface area contributed by atoms with E-state index >= 15 is 0 Å². The number of furan rings is 1. The number of rotatable bonds is 6. The Morgan fingerprint density at radius 3 is 2.69 bits per heavy atom. The fourth-order valence-electron chi connectivity index (χ4n) is 5.45. The Balaban J connectivity index is 1.19. The number of H-pyrrole nitrogens is 2. The van der Waals surface area contributed by atoms with E-state index in [-0.39, 0.29) is 5.91 Å². The Hall–Kier alpha value is -4.76. The molecule has 1 aliphatic heterocycles. The third kappa shape index (κ3) is 4.57. The van der Waals surface area contributed by atoms with Crippen LogP contribution in [0.15, 0.2) is 78.1 Å². The quantitative estimate of drug-likeness (QED) is 0.223. The van der Waals surface area contributed by atoms with Gasteiger partial charge in [0.05, 0.1) is 47.3 Å². The number of carbonyl (C=O) groups is 1. The van der Waals surface area contributed by atoms with Gasteiger partial charge in [-0.2, -0.15) is 5.10 Å². The molecule has 0 unspecified atom stereocenters. The van der Waals surface area contributed by atoms with Gasteiger partial charge in [0.25, 0.3) is 0 Å². The summed E-state index contributed by atoms with van der Waals surface area (Å²) in [6.07, 6.45) is 13.2. The van der Waals surface area contributed by atoms with E-state index in [0.29, 0.717) is 18.0 Å². The molecule has 0 aliphatic carbocycles. The number of pyridine rings is 2. The fraction of sp³-hybridized carbons (Fsp3) is 0.200. The molecular weight excluding hydrogens is 490 g/mol. The lowest BCUT2D eigenvalue weighted by Crippen LogP contribution is -2.30. The van der Waals surface area contributed by atoms with Crippen LogP contribution in [0.2, 0.25) is 0 Å². The monoisotopic (exact) mass is 517 g/mol. The second-order valence-corrected chi connectivity index (χ2v) is 10.1. The smallest absolute Gasteiger partial charge is 0.224 e. The number of hydrogen-bond acceptors (Lipinski definition) is 6. The van der Waals surface area contributed by atoms with Gasteiger partial charge in [0.15, 0.2) is 0 Å². The lowest BCUT2D eigenvalue weighted by molar-refractivity contribution is -0.117. The minimum atomic E-state index is 0.0384. The Labute approximate surface area is 224 Å². The molecule has 0 radical (unpaired) electrons. The Kier molecular flexibility index (Phi) is 5.90. The van der Waals surface area contributed by atoms with E-state index in [0.717, 1.165) is 81.4 Å². The lowest BCUT2D eigenvalue weighted by Gasteiger charge is -2.21. The van der Waals surface area contributed by atoms with Gasteiger partial charge >= 0.3 is 0 Å². The molecule has 0 saturated carbocycles. The van der Waals surface area contributed by atoms with Crippen molar-refractivity contribution < 1.29 is 9.21 Å². The van der Waals surface area contributed by atoms with Crippen molar-refractivity contribution in [3.63, 3.8) is 0 Å². The van der Waals surface area contributed by atoms with Crippen molar-refractivity contribution in [2.24, 2.45) is 5.92 Å². The van der Waals surface area contributed by atoms with E-state index in [2.05, 4.69) is 47.9 Å². The van der Waals surface area contributed by atoms with E-state index < -0.39 is 0 Å². The lowest BCUT2D eigenvalue weighted by atomic mass is 9.94. The summed E-state index contributed by atoms with van der Waals surface area (Å²) in [4.78, 5) is 24.9. The second kappa shape index (κ2) is 9.85. The number of piperidine rings is 1. The first-order valence-corrected chi connectivity index (χ1v) is 13.1. The molecule has 1 amide bonds. The predicted molar refractivity (Wildman–Crippen MR) is 151 cm³/mol. The van der Waals surface area contributed by atoms with Gasteiger partial charge in [-0.25, -0.2) is 0 Å². The molecule has 5 aromatic heterocycles. The molecule has 9 nitrogen and oxygen atoms in total. The molecule has 6 aromatic rings. The highest BCUT2D eigenvalue weighted by Crippen LogP contribution is 2.35. The van der Waals surface area contributed by atoms with Crippen LogP contribution in [0.3, 0.4) is 0 Å². The van der Waals surface area contributed by atoms with E-state index in [1.54, 1.807) is 18.7 Å². The molecule has 1 saturated heterocycles. The van der Waals surface area contributed by atoms with Gasteiger partial charge in [0.1, 0.15) is 5.69 Å².